The van der Waals surface area contributed by atoms with Crippen LogP contribution < -0.4 is 10.1 Å². The first-order valence-corrected chi connectivity index (χ1v) is 9.91. The Morgan fingerprint density at radius 3 is 2.41 bits per heavy atom. The Morgan fingerprint density at radius 2 is 1.76 bits per heavy atom. The van der Waals surface area contributed by atoms with Crippen LogP contribution in [0, 0.1) is 19.3 Å². The topological polar surface area (TPSA) is 56.1 Å². The van der Waals surface area contributed by atoms with Crippen molar-refractivity contribution in [3.63, 3.8) is 0 Å². The molecule has 1 aliphatic carbocycles. The van der Waals surface area contributed by atoms with Gasteiger partial charge >= 0.3 is 0 Å². The van der Waals surface area contributed by atoms with Crippen LogP contribution in [-0.4, -0.2) is 22.7 Å². The molecule has 0 saturated carbocycles. The van der Waals surface area contributed by atoms with Gasteiger partial charge in [0.15, 0.2) is 11.6 Å². The average Bonchev–Trinajstić information content (AvgIpc) is 3.02. The van der Waals surface area contributed by atoms with Crippen molar-refractivity contribution < 1.29 is 9.53 Å². The van der Waals surface area contributed by atoms with Crippen LogP contribution in [0.25, 0.3) is 5.69 Å². The van der Waals surface area contributed by atoms with Crippen LogP contribution in [0.3, 0.4) is 0 Å². The number of rotatable bonds is 4. The molecule has 0 fully saturated rings. The van der Waals surface area contributed by atoms with Gasteiger partial charge in [0.1, 0.15) is 5.75 Å². The molecule has 0 saturated heterocycles. The van der Waals surface area contributed by atoms with E-state index in [1.165, 1.54) is 11.1 Å². The number of ether oxygens (including phenoxy) is 1. The lowest BCUT2D eigenvalue weighted by atomic mass is 9.76. The maximum atomic E-state index is 13.1. The van der Waals surface area contributed by atoms with Gasteiger partial charge in [-0.1, -0.05) is 19.9 Å². The molecule has 0 spiro atoms. The molecule has 0 unspecified atom stereocenters. The highest BCUT2D eigenvalue weighted by molar-refractivity contribution is 6.03. The number of benzene rings is 2. The number of hydrogen-bond donors (Lipinski definition) is 1. The number of anilines is 2. The van der Waals surface area contributed by atoms with Crippen molar-refractivity contribution in [2.24, 2.45) is 5.41 Å². The summed E-state index contributed by atoms with van der Waals surface area (Å²) in [5, 5.41) is 8.22. The molecule has 5 heteroatoms. The fourth-order valence-corrected chi connectivity index (χ4v) is 3.93. The number of nitrogens with zero attached hydrogens (tertiary/aromatic N) is 2. The van der Waals surface area contributed by atoms with E-state index >= 15 is 0 Å². The number of ketones is 1. The number of carbonyl (C=O) groups excluding carboxylic acids is 1. The first-order chi connectivity index (χ1) is 13.8. The van der Waals surface area contributed by atoms with Gasteiger partial charge in [-0.25, -0.2) is 4.68 Å². The standard InChI is InChI=1S/C24H27N3O2/c1-15-6-7-17(12-16(15)2)25-23-22-20(13-24(3,4)14-21(22)28)27(26-23)18-8-10-19(29-5)11-9-18/h6-12H,13-14H2,1-5H3,(H,25,26). The van der Waals surface area contributed by atoms with Crippen LogP contribution >= 0.6 is 0 Å². The molecule has 3 aromatic rings. The maximum absolute atomic E-state index is 13.1. The summed E-state index contributed by atoms with van der Waals surface area (Å²) in [6.45, 7) is 8.44. The highest BCUT2D eigenvalue weighted by Crippen LogP contribution is 2.39. The van der Waals surface area contributed by atoms with Crippen molar-refractivity contribution >= 4 is 17.3 Å². The number of methoxy groups -OCH3 is 1. The number of aryl methyl sites for hydroxylation is 2. The molecule has 0 radical (unpaired) electrons. The second-order valence-corrected chi connectivity index (χ2v) is 8.65. The minimum atomic E-state index is -0.0912. The van der Waals surface area contributed by atoms with Gasteiger partial charge < -0.3 is 10.1 Å². The third-order valence-electron chi connectivity index (χ3n) is 5.63. The molecule has 1 N–H and O–H groups in total. The molecule has 1 aromatic heterocycles. The van der Waals surface area contributed by atoms with Gasteiger partial charge in [0.25, 0.3) is 0 Å². The van der Waals surface area contributed by atoms with E-state index in [1.807, 2.05) is 35.0 Å². The molecule has 5 nitrogen and oxygen atoms in total. The Morgan fingerprint density at radius 1 is 1.03 bits per heavy atom. The highest BCUT2D eigenvalue weighted by atomic mass is 16.5. The predicted octanol–water partition coefficient (Wildman–Crippen LogP) is 5.40. The molecular formula is C24H27N3O2. The van der Waals surface area contributed by atoms with E-state index in [0.717, 1.165) is 29.2 Å². The molecule has 0 aliphatic heterocycles. The van der Waals surface area contributed by atoms with E-state index < -0.39 is 0 Å². The number of hydrogen-bond acceptors (Lipinski definition) is 4. The van der Waals surface area contributed by atoms with Gasteiger partial charge in [0.2, 0.25) is 0 Å². The Kier molecular flexibility index (Phi) is 4.69. The van der Waals surface area contributed by atoms with Crippen molar-refractivity contribution in [2.45, 2.75) is 40.5 Å². The highest BCUT2D eigenvalue weighted by Gasteiger charge is 2.37. The predicted molar refractivity (Wildman–Crippen MR) is 116 cm³/mol. The van der Waals surface area contributed by atoms with Gasteiger partial charge in [-0.3, -0.25) is 4.79 Å². The Balaban J connectivity index is 1.82. The van der Waals surface area contributed by atoms with Crippen LogP contribution in [0.2, 0.25) is 0 Å². The van der Waals surface area contributed by atoms with Crippen molar-refractivity contribution in [3.05, 3.63) is 64.8 Å². The summed E-state index contributed by atoms with van der Waals surface area (Å²) >= 11 is 0. The number of nitrogens with one attached hydrogen (secondary N) is 1. The Hall–Kier alpha value is -3.08. The summed E-state index contributed by atoms with van der Waals surface area (Å²) in [6.07, 6.45) is 1.32. The summed E-state index contributed by atoms with van der Waals surface area (Å²) in [5.41, 5.74) is 5.87. The molecule has 29 heavy (non-hydrogen) atoms. The SMILES string of the molecule is COc1ccc(-n2nc(Nc3ccc(C)c(C)c3)c3c2CC(C)(C)CC3=O)cc1. The lowest BCUT2D eigenvalue weighted by molar-refractivity contribution is 0.0912. The van der Waals surface area contributed by atoms with Gasteiger partial charge in [-0.05, 0) is 73.2 Å². The monoisotopic (exact) mass is 389 g/mol. The molecular weight excluding hydrogens is 362 g/mol. The Labute approximate surface area is 171 Å². The van der Waals surface area contributed by atoms with Crippen molar-refractivity contribution in [3.8, 4) is 11.4 Å². The zero-order valence-corrected chi connectivity index (χ0v) is 17.7. The lowest BCUT2D eigenvalue weighted by Crippen LogP contribution is -2.28. The summed E-state index contributed by atoms with van der Waals surface area (Å²) in [5.74, 6) is 1.56. The minimum absolute atomic E-state index is 0.0912. The summed E-state index contributed by atoms with van der Waals surface area (Å²) in [4.78, 5) is 13.1. The summed E-state index contributed by atoms with van der Waals surface area (Å²) in [6, 6.07) is 14.0. The first kappa shape index (κ1) is 19.2. The molecule has 2 aromatic carbocycles. The molecule has 0 amide bonds. The van der Waals surface area contributed by atoms with Gasteiger partial charge in [-0.15, -0.1) is 5.10 Å². The molecule has 150 valence electrons. The van der Waals surface area contributed by atoms with Gasteiger partial charge in [0.05, 0.1) is 24.1 Å². The minimum Gasteiger partial charge on any atom is -0.497 e. The van der Waals surface area contributed by atoms with E-state index in [-0.39, 0.29) is 11.2 Å². The number of carbonyl (C=O) groups is 1. The largest absolute Gasteiger partial charge is 0.497 e. The van der Waals surface area contributed by atoms with Crippen LogP contribution in [0.1, 0.15) is 47.4 Å². The van der Waals surface area contributed by atoms with E-state index in [0.29, 0.717) is 17.8 Å². The van der Waals surface area contributed by atoms with E-state index in [9.17, 15) is 4.79 Å². The van der Waals surface area contributed by atoms with Crippen LogP contribution in [0.15, 0.2) is 42.5 Å². The van der Waals surface area contributed by atoms with Crippen molar-refractivity contribution in [2.75, 3.05) is 12.4 Å². The summed E-state index contributed by atoms with van der Waals surface area (Å²) < 4.78 is 7.18. The summed E-state index contributed by atoms with van der Waals surface area (Å²) in [7, 11) is 1.65. The van der Waals surface area contributed by atoms with E-state index in [2.05, 4.69) is 45.1 Å². The van der Waals surface area contributed by atoms with Gasteiger partial charge in [0, 0.05) is 12.1 Å². The lowest BCUT2D eigenvalue weighted by Gasteiger charge is -2.29. The molecule has 1 aliphatic rings. The van der Waals surface area contributed by atoms with Crippen LogP contribution in [0.4, 0.5) is 11.5 Å². The van der Waals surface area contributed by atoms with Crippen molar-refractivity contribution in [1.82, 2.24) is 9.78 Å². The fourth-order valence-electron chi connectivity index (χ4n) is 3.93. The fraction of sp³-hybridized carbons (Fsp3) is 0.333. The molecule has 4 rings (SSSR count). The molecule has 0 atom stereocenters. The third-order valence-corrected chi connectivity index (χ3v) is 5.63. The molecule has 0 bridgehead atoms. The normalized spacial score (nSPS) is 15.1. The van der Waals surface area contributed by atoms with Crippen molar-refractivity contribution in [1.29, 1.82) is 0 Å². The maximum Gasteiger partial charge on any atom is 0.169 e. The zero-order valence-electron chi connectivity index (χ0n) is 17.7. The van der Waals surface area contributed by atoms with E-state index in [4.69, 9.17) is 9.84 Å². The second kappa shape index (κ2) is 7.07. The zero-order chi connectivity index (χ0) is 20.8. The number of aromatic nitrogens is 2. The second-order valence-electron chi connectivity index (χ2n) is 8.65. The quantitative estimate of drug-likeness (QED) is 0.649. The van der Waals surface area contributed by atoms with Crippen LogP contribution in [0.5, 0.6) is 5.75 Å². The third kappa shape index (κ3) is 3.65. The smallest absolute Gasteiger partial charge is 0.169 e. The van der Waals surface area contributed by atoms with E-state index in [1.54, 1.807) is 7.11 Å². The number of fused-ring (bicyclic) bond motifs is 1. The van der Waals surface area contributed by atoms with Gasteiger partial charge in [-0.2, -0.15) is 0 Å². The molecule has 1 heterocycles. The first-order valence-electron chi connectivity index (χ1n) is 9.91. The average molecular weight is 389 g/mol. The van der Waals surface area contributed by atoms with Crippen LogP contribution in [-0.2, 0) is 6.42 Å². The Bertz CT molecular complexity index is 1080. The number of Topliss-reactive ketones (excluding diaryl/α,β-unsaturated/α-hetero) is 1.